The zero-order valence-corrected chi connectivity index (χ0v) is 9.49. The molecule has 2 N–H and O–H groups in total. The lowest BCUT2D eigenvalue weighted by Crippen LogP contribution is -2.31. The second-order valence-corrected chi connectivity index (χ2v) is 4.47. The van der Waals surface area contributed by atoms with Crippen molar-refractivity contribution in [3.63, 3.8) is 0 Å². The number of phenols is 1. The molecule has 1 fully saturated rings. The minimum Gasteiger partial charge on any atom is -0.508 e. The summed E-state index contributed by atoms with van der Waals surface area (Å²) >= 11 is 0. The van der Waals surface area contributed by atoms with Gasteiger partial charge in [-0.3, -0.25) is 0 Å². The fourth-order valence-corrected chi connectivity index (χ4v) is 2.34. The highest BCUT2D eigenvalue weighted by Gasteiger charge is 2.26. The SMILES string of the molecule is N#CC1CCCC1NCc1cc(O)cc(F)c1. The second-order valence-electron chi connectivity index (χ2n) is 4.47. The number of benzene rings is 1. The topological polar surface area (TPSA) is 56.0 Å². The molecule has 0 saturated heterocycles. The molecule has 1 saturated carbocycles. The van der Waals surface area contributed by atoms with Crippen molar-refractivity contribution in [3.8, 4) is 11.8 Å². The predicted octanol–water partition coefficient (Wildman–Crippen LogP) is 2.31. The standard InChI is InChI=1S/C13H15FN2O/c14-11-4-9(5-12(17)6-11)8-16-13-3-1-2-10(13)7-15/h4-6,10,13,16-17H,1-3,8H2. The quantitative estimate of drug-likeness (QED) is 0.843. The molecule has 17 heavy (non-hydrogen) atoms. The van der Waals surface area contributed by atoms with Gasteiger partial charge in [-0.15, -0.1) is 0 Å². The Labute approximate surface area is 99.9 Å². The van der Waals surface area contributed by atoms with Crippen LogP contribution in [-0.2, 0) is 6.54 Å². The maximum absolute atomic E-state index is 13.0. The van der Waals surface area contributed by atoms with Gasteiger partial charge in [0.05, 0.1) is 12.0 Å². The van der Waals surface area contributed by atoms with Crippen molar-refractivity contribution in [1.29, 1.82) is 5.26 Å². The first-order chi connectivity index (χ1) is 8.19. The van der Waals surface area contributed by atoms with Gasteiger partial charge in [-0.05, 0) is 30.5 Å². The molecule has 0 heterocycles. The summed E-state index contributed by atoms with van der Waals surface area (Å²) in [5.41, 5.74) is 0.700. The average molecular weight is 234 g/mol. The number of rotatable bonds is 3. The minimum absolute atomic E-state index is 0.0529. The Morgan fingerprint density at radius 3 is 2.94 bits per heavy atom. The van der Waals surface area contributed by atoms with Crippen LogP contribution in [-0.4, -0.2) is 11.1 Å². The first-order valence-electron chi connectivity index (χ1n) is 5.80. The first-order valence-corrected chi connectivity index (χ1v) is 5.80. The Bertz CT molecular complexity index is 421. The molecular formula is C13H15FN2O. The number of nitrogens with one attached hydrogen (secondary N) is 1. The summed E-state index contributed by atoms with van der Waals surface area (Å²) in [6, 6.07) is 6.48. The molecule has 3 nitrogen and oxygen atoms in total. The molecule has 2 atom stereocenters. The molecule has 2 rings (SSSR count). The van der Waals surface area contributed by atoms with E-state index < -0.39 is 5.82 Å². The Kier molecular flexibility index (Phi) is 3.60. The number of aromatic hydroxyl groups is 1. The van der Waals surface area contributed by atoms with Gasteiger partial charge < -0.3 is 10.4 Å². The average Bonchev–Trinajstić information content (AvgIpc) is 2.72. The van der Waals surface area contributed by atoms with Crippen LogP contribution in [0.3, 0.4) is 0 Å². The van der Waals surface area contributed by atoms with Crippen molar-refractivity contribution in [1.82, 2.24) is 5.32 Å². The number of phenolic OH excluding ortho intramolecular Hbond substituents is 1. The van der Waals surface area contributed by atoms with Gasteiger partial charge in [0.2, 0.25) is 0 Å². The number of halogens is 1. The third-order valence-corrected chi connectivity index (χ3v) is 3.19. The van der Waals surface area contributed by atoms with Gasteiger partial charge >= 0.3 is 0 Å². The Morgan fingerprint density at radius 2 is 2.24 bits per heavy atom. The van der Waals surface area contributed by atoms with Crippen LogP contribution in [0.4, 0.5) is 4.39 Å². The molecule has 0 aromatic heterocycles. The smallest absolute Gasteiger partial charge is 0.127 e. The highest BCUT2D eigenvalue weighted by Crippen LogP contribution is 2.25. The summed E-state index contributed by atoms with van der Waals surface area (Å²) in [7, 11) is 0. The van der Waals surface area contributed by atoms with E-state index in [9.17, 15) is 9.50 Å². The Hall–Kier alpha value is -1.60. The molecular weight excluding hydrogens is 219 g/mol. The summed E-state index contributed by atoms with van der Waals surface area (Å²) in [6.45, 7) is 0.480. The summed E-state index contributed by atoms with van der Waals surface area (Å²) in [4.78, 5) is 0. The maximum Gasteiger partial charge on any atom is 0.127 e. The fraction of sp³-hybridized carbons (Fsp3) is 0.462. The zero-order valence-electron chi connectivity index (χ0n) is 9.49. The van der Waals surface area contributed by atoms with Crippen LogP contribution >= 0.6 is 0 Å². The van der Waals surface area contributed by atoms with E-state index in [0.717, 1.165) is 25.3 Å². The number of nitriles is 1. The van der Waals surface area contributed by atoms with E-state index in [1.165, 1.54) is 12.1 Å². The molecule has 0 bridgehead atoms. The van der Waals surface area contributed by atoms with Crippen LogP contribution in [0.2, 0.25) is 0 Å². The van der Waals surface area contributed by atoms with Crippen molar-refractivity contribution in [3.05, 3.63) is 29.6 Å². The highest BCUT2D eigenvalue weighted by molar-refractivity contribution is 5.28. The molecule has 90 valence electrons. The number of hydrogen-bond acceptors (Lipinski definition) is 3. The van der Waals surface area contributed by atoms with Gasteiger partial charge in [0, 0.05) is 18.7 Å². The van der Waals surface area contributed by atoms with Gasteiger partial charge in [-0.25, -0.2) is 4.39 Å². The van der Waals surface area contributed by atoms with E-state index >= 15 is 0 Å². The van der Waals surface area contributed by atoms with Crippen LogP contribution in [0.15, 0.2) is 18.2 Å². The van der Waals surface area contributed by atoms with E-state index in [4.69, 9.17) is 5.26 Å². The molecule has 4 heteroatoms. The lowest BCUT2D eigenvalue weighted by atomic mass is 10.1. The van der Waals surface area contributed by atoms with E-state index in [1.807, 2.05) is 0 Å². The second kappa shape index (κ2) is 5.15. The minimum atomic E-state index is -0.440. The van der Waals surface area contributed by atoms with Crippen LogP contribution in [0.5, 0.6) is 5.75 Å². The molecule has 0 amide bonds. The van der Waals surface area contributed by atoms with Crippen LogP contribution in [0.25, 0.3) is 0 Å². The third kappa shape index (κ3) is 2.95. The summed E-state index contributed by atoms with van der Waals surface area (Å²) in [6.07, 6.45) is 2.98. The molecule has 0 aliphatic heterocycles. The van der Waals surface area contributed by atoms with Crippen molar-refractivity contribution in [2.24, 2.45) is 5.92 Å². The van der Waals surface area contributed by atoms with Crippen LogP contribution in [0.1, 0.15) is 24.8 Å². The third-order valence-electron chi connectivity index (χ3n) is 3.19. The summed E-state index contributed by atoms with van der Waals surface area (Å²) < 4.78 is 13.0. The molecule has 0 radical (unpaired) electrons. The van der Waals surface area contributed by atoms with Gasteiger partial charge in [0.25, 0.3) is 0 Å². The Morgan fingerprint density at radius 1 is 1.41 bits per heavy atom. The monoisotopic (exact) mass is 234 g/mol. The largest absolute Gasteiger partial charge is 0.508 e. The summed E-state index contributed by atoms with van der Waals surface area (Å²) in [5, 5.41) is 21.4. The Balaban J connectivity index is 1.96. The van der Waals surface area contributed by atoms with Gasteiger partial charge in [0.1, 0.15) is 11.6 Å². The van der Waals surface area contributed by atoms with Crippen LogP contribution in [0, 0.1) is 23.1 Å². The highest BCUT2D eigenvalue weighted by atomic mass is 19.1. The normalized spacial score (nSPS) is 23.5. The van der Waals surface area contributed by atoms with Crippen molar-refractivity contribution in [2.45, 2.75) is 31.8 Å². The first kappa shape index (κ1) is 11.9. The molecule has 1 aliphatic carbocycles. The van der Waals surface area contributed by atoms with Crippen molar-refractivity contribution in [2.75, 3.05) is 0 Å². The summed E-state index contributed by atoms with van der Waals surface area (Å²) in [5.74, 6) is -0.452. The fourth-order valence-electron chi connectivity index (χ4n) is 2.34. The molecule has 0 spiro atoms. The van der Waals surface area contributed by atoms with Gasteiger partial charge in [0.15, 0.2) is 0 Å². The molecule has 2 unspecified atom stereocenters. The number of nitrogens with zero attached hydrogens (tertiary/aromatic N) is 1. The van der Waals surface area contributed by atoms with E-state index in [0.29, 0.717) is 12.1 Å². The van der Waals surface area contributed by atoms with Crippen LogP contribution < -0.4 is 5.32 Å². The molecule has 1 aromatic rings. The molecule has 1 aromatic carbocycles. The van der Waals surface area contributed by atoms with Crippen molar-refractivity contribution >= 4 is 0 Å². The van der Waals surface area contributed by atoms with E-state index in [2.05, 4.69) is 11.4 Å². The lowest BCUT2D eigenvalue weighted by molar-refractivity contribution is 0.454. The lowest BCUT2D eigenvalue weighted by Gasteiger charge is -2.15. The molecule has 1 aliphatic rings. The van der Waals surface area contributed by atoms with Gasteiger partial charge in [-0.2, -0.15) is 5.26 Å². The van der Waals surface area contributed by atoms with E-state index in [1.54, 1.807) is 0 Å². The zero-order chi connectivity index (χ0) is 12.3. The maximum atomic E-state index is 13.0. The van der Waals surface area contributed by atoms with Crippen molar-refractivity contribution < 1.29 is 9.50 Å². The number of hydrogen-bond donors (Lipinski definition) is 2. The predicted molar refractivity (Wildman–Crippen MR) is 61.6 cm³/mol. The van der Waals surface area contributed by atoms with Gasteiger partial charge in [-0.1, -0.05) is 6.42 Å². The van der Waals surface area contributed by atoms with E-state index in [-0.39, 0.29) is 17.7 Å².